The normalized spacial score (nSPS) is 13.5. The van der Waals surface area contributed by atoms with E-state index >= 15 is 0 Å². The van der Waals surface area contributed by atoms with Gasteiger partial charge in [0.25, 0.3) is 0 Å². The molecule has 0 atom stereocenters. The van der Waals surface area contributed by atoms with E-state index in [-0.39, 0.29) is 23.0 Å². The summed E-state index contributed by atoms with van der Waals surface area (Å²) in [6, 6.07) is 2.55. The molecular formula is C23H32ClFN6O2. The molecule has 1 N–H and O–H groups in total. The fourth-order valence-electron chi connectivity index (χ4n) is 3.89. The average molecular weight is 479 g/mol. The molecule has 0 saturated carbocycles. The van der Waals surface area contributed by atoms with Gasteiger partial charge in [-0.1, -0.05) is 25.4 Å². The third kappa shape index (κ3) is 5.47. The van der Waals surface area contributed by atoms with E-state index in [2.05, 4.69) is 34.0 Å². The second-order valence-corrected chi connectivity index (χ2v) is 8.14. The van der Waals surface area contributed by atoms with E-state index in [0.717, 1.165) is 39.0 Å². The van der Waals surface area contributed by atoms with Gasteiger partial charge in [0.1, 0.15) is 11.5 Å². The predicted octanol–water partition coefficient (Wildman–Crippen LogP) is 4.78. The number of hydrogen-bond donors (Lipinski definition) is 1. The first-order valence-electron chi connectivity index (χ1n) is 11.4. The fraction of sp³-hybridized carbons (Fsp3) is 0.522. The molecule has 180 valence electrons. The lowest BCUT2D eigenvalue weighted by Crippen LogP contribution is -2.48. The van der Waals surface area contributed by atoms with Crippen molar-refractivity contribution in [3.63, 3.8) is 0 Å². The molecule has 0 fully saturated rings. The van der Waals surface area contributed by atoms with Crippen LogP contribution in [0.5, 0.6) is 5.75 Å². The van der Waals surface area contributed by atoms with Crippen molar-refractivity contribution >= 4 is 35.1 Å². The Balaban J connectivity index is 1.75. The highest BCUT2D eigenvalue weighted by atomic mass is 35.5. The number of rotatable bonds is 11. The number of fused-ring (bicyclic) bond motifs is 1. The molecule has 33 heavy (non-hydrogen) atoms. The maximum atomic E-state index is 15.0. The van der Waals surface area contributed by atoms with Gasteiger partial charge in [0.05, 0.1) is 18.7 Å². The summed E-state index contributed by atoms with van der Waals surface area (Å²) in [5.41, 5.74) is 0.697. The van der Waals surface area contributed by atoms with Gasteiger partial charge in [0.2, 0.25) is 5.95 Å². The van der Waals surface area contributed by atoms with Crippen LogP contribution >= 0.6 is 11.6 Å². The van der Waals surface area contributed by atoms with Crippen LogP contribution in [0.2, 0.25) is 5.02 Å². The van der Waals surface area contributed by atoms with Crippen LogP contribution in [0.3, 0.4) is 0 Å². The van der Waals surface area contributed by atoms with Crippen LogP contribution < -0.4 is 19.9 Å². The van der Waals surface area contributed by atoms with E-state index < -0.39 is 11.8 Å². The highest BCUT2D eigenvalue weighted by Gasteiger charge is 2.35. The van der Waals surface area contributed by atoms with Crippen molar-refractivity contribution in [3.05, 3.63) is 34.7 Å². The summed E-state index contributed by atoms with van der Waals surface area (Å²) in [6.45, 7) is 10.6. The molecule has 2 amide bonds. The van der Waals surface area contributed by atoms with Gasteiger partial charge in [-0.2, -0.15) is 4.98 Å². The zero-order chi connectivity index (χ0) is 24.0. The standard InChI is InChI=1S/C23H32ClFN6O2/c1-5-29(6-2)13-9-8-12-26-22-27-14-16-15-31(23(32)30(7-3)21(16)28-22)20-17(24)10-11-18(33-4)19(20)25/h10-11,14H,5-9,12-13,15H2,1-4H3,(H,26,27,28). The Kier molecular flexibility index (Phi) is 8.68. The summed E-state index contributed by atoms with van der Waals surface area (Å²) in [7, 11) is 1.37. The number of urea groups is 1. The molecule has 8 nitrogen and oxygen atoms in total. The second kappa shape index (κ2) is 11.5. The number of halogens is 2. The van der Waals surface area contributed by atoms with E-state index in [0.29, 0.717) is 23.9 Å². The Morgan fingerprint density at radius 3 is 2.67 bits per heavy atom. The van der Waals surface area contributed by atoms with Crippen molar-refractivity contribution in [2.45, 2.75) is 40.2 Å². The molecule has 2 aromatic rings. The molecule has 0 saturated heterocycles. The number of ether oxygens (including phenoxy) is 1. The minimum absolute atomic E-state index is 0.0134. The topological polar surface area (TPSA) is 73.8 Å². The first-order valence-corrected chi connectivity index (χ1v) is 11.8. The Bertz CT molecular complexity index is 972. The first-order chi connectivity index (χ1) is 15.9. The van der Waals surface area contributed by atoms with E-state index in [1.165, 1.54) is 29.0 Å². The predicted molar refractivity (Wildman–Crippen MR) is 130 cm³/mol. The Morgan fingerprint density at radius 2 is 2.00 bits per heavy atom. The Labute approximate surface area is 199 Å². The SMILES string of the molecule is CCN(CC)CCCCNc1ncc2c(n1)N(CC)C(=O)N(c1c(Cl)ccc(OC)c1F)C2. The number of unbranched alkanes of at least 4 members (excludes halogenated alkanes) is 1. The molecule has 1 aliphatic heterocycles. The lowest BCUT2D eigenvalue weighted by molar-refractivity contribution is 0.250. The minimum atomic E-state index is -0.679. The Hall–Kier alpha value is -2.65. The maximum absolute atomic E-state index is 15.0. The molecule has 0 radical (unpaired) electrons. The van der Waals surface area contributed by atoms with Gasteiger partial charge in [-0.05, 0) is 51.5 Å². The molecule has 3 rings (SSSR count). The van der Waals surface area contributed by atoms with Crippen LogP contribution in [0.15, 0.2) is 18.3 Å². The molecule has 1 aliphatic rings. The molecular weight excluding hydrogens is 447 g/mol. The molecule has 0 aliphatic carbocycles. The number of carbonyl (C=O) groups is 1. The molecule has 0 unspecified atom stereocenters. The summed E-state index contributed by atoms with van der Waals surface area (Å²) >= 11 is 6.27. The van der Waals surface area contributed by atoms with Crippen molar-refractivity contribution in [3.8, 4) is 5.75 Å². The summed E-state index contributed by atoms with van der Waals surface area (Å²) in [4.78, 5) is 27.4. The molecule has 2 heterocycles. The minimum Gasteiger partial charge on any atom is -0.494 e. The summed E-state index contributed by atoms with van der Waals surface area (Å²) in [5.74, 6) is 0.343. The second-order valence-electron chi connectivity index (χ2n) is 7.73. The van der Waals surface area contributed by atoms with Gasteiger partial charge in [-0.15, -0.1) is 0 Å². The monoisotopic (exact) mass is 478 g/mol. The van der Waals surface area contributed by atoms with Gasteiger partial charge in [-0.3, -0.25) is 9.80 Å². The first kappa shape index (κ1) is 25.0. The Morgan fingerprint density at radius 1 is 1.24 bits per heavy atom. The largest absolute Gasteiger partial charge is 0.494 e. The zero-order valence-corrected chi connectivity index (χ0v) is 20.5. The summed E-state index contributed by atoms with van der Waals surface area (Å²) < 4.78 is 20.1. The summed E-state index contributed by atoms with van der Waals surface area (Å²) in [5, 5.41) is 3.38. The van der Waals surface area contributed by atoms with Crippen LogP contribution in [0.4, 0.5) is 26.6 Å². The number of benzene rings is 1. The van der Waals surface area contributed by atoms with Crippen molar-refractivity contribution in [2.75, 3.05) is 55.0 Å². The van der Waals surface area contributed by atoms with Gasteiger partial charge >= 0.3 is 6.03 Å². The maximum Gasteiger partial charge on any atom is 0.330 e. The number of hydrogen-bond acceptors (Lipinski definition) is 6. The quantitative estimate of drug-likeness (QED) is 0.468. The van der Waals surface area contributed by atoms with Crippen LogP contribution in [-0.4, -0.2) is 60.7 Å². The van der Waals surface area contributed by atoms with E-state index in [9.17, 15) is 9.18 Å². The third-order valence-electron chi connectivity index (χ3n) is 5.80. The molecule has 0 spiro atoms. The van der Waals surface area contributed by atoms with E-state index in [1.54, 1.807) is 6.20 Å². The number of carbonyl (C=O) groups excluding carboxylic acids is 1. The van der Waals surface area contributed by atoms with E-state index in [4.69, 9.17) is 16.3 Å². The van der Waals surface area contributed by atoms with Crippen LogP contribution in [0.25, 0.3) is 0 Å². The van der Waals surface area contributed by atoms with Crippen molar-refractivity contribution in [1.82, 2.24) is 14.9 Å². The fourth-order valence-corrected chi connectivity index (χ4v) is 4.14. The zero-order valence-electron chi connectivity index (χ0n) is 19.7. The lowest BCUT2D eigenvalue weighted by atomic mass is 10.1. The van der Waals surface area contributed by atoms with Gasteiger partial charge < -0.3 is 15.0 Å². The van der Waals surface area contributed by atoms with Crippen LogP contribution in [0, 0.1) is 5.82 Å². The highest BCUT2D eigenvalue weighted by molar-refractivity contribution is 6.34. The van der Waals surface area contributed by atoms with Gasteiger partial charge in [0, 0.05) is 24.8 Å². The molecule has 1 aromatic carbocycles. The lowest BCUT2D eigenvalue weighted by Gasteiger charge is -2.36. The molecule has 10 heteroatoms. The van der Waals surface area contributed by atoms with Crippen LogP contribution in [-0.2, 0) is 6.54 Å². The van der Waals surface area contributed by atoms with Crippen molar-refractivity contribution < 1.29 is 13.9 Å². The van der Waals surface area contributed by atoms with Crippen LogP contribution in [0.1, 0.15) is 39.2 Å². The van der Waals surface area contributed by atoms with Crippen molar-refractivity contribution in [2.24, 2.45) is 0 Å². The number of nitrogens with zero attached hydrogens (tertiary/aromatic N) is 5. The number of methoxy groups -OCH3 is 1. The van der Waals surface area contributed by atoms with Crippen molar-refractivity contribution in [1.29, 1.82) is 0 Å². The summed E-state index contributed by atoms with van der Waals surface area (Å²) in [6.07, 6.45) is 3.75. The number of amides is 2. The molecule has 0 bridgehead atoms. The third-order valence-corrected chi connectivity index (χ3v) is 6.11. The number of anilines is 3. The number of aromatic nitrogens is 2. The molecule has 1 aromatic heterocycles. The highest BCUT2D eigenvalue weighted by Crippen LogP contribution is 2.39. The van der Waals surface area contributed by atoms with E-state index in [1.807, 2.05) is 6.92 Å². The van der Waals surface area contributed by atoms with Gasteiger partial charge in [-0.25, -0.2) is 14.2 Å². The number of nitrogens with one attached hydrogen (secondary N) is 1. The smallest absolute Gasteiger partial charge is 0.330 e. The van der Waals surface area contributed by atoms with Gasteiger partial charge in [0.15, 0.2) is 11.6 Å². The average Bonchev–Trinajstić information content (AvgIpc) is 2.82.